The van der Waals surface area contributed by atoms with Crippen LogP contribution < -0.4 is 0 Å². The molecular formula is C11H16N4O. The lowest BCUT2D eigenvalue weighted by molar-refractivity contribution is 0.208. The molecule has 2 aromatic rings. The number of hydrogen-bond donors (Lipinski definition) is 1. The Labute approximate surface area is 94.3 Å². The van der Waals surface area contributed by atoms with Gasteiger partial charge in [0.05, 0.1) is 17.6 Å². The predicted octanol–water partition coefficient (Wildman–Crippen LogP) is 1.03. The Kier molecular flexibility index (Phi) is 2.78. The number of aliphatic hydroxyl groups excluding tert-OH is 1. The molecule has 86 valence electrons. The van der Waals surface area contributed by atoms with Crippen molar-refractivity contribution in [2.45, 2.75) is 26.5 Å². The van der Waals surface area contributed by atoms with Crippen LogP contribution in [0, 0.1) is 6.92 Å². The van der Waals surface area contributed by atoms with E-state index in [9.17, 15) is 5.11 Å². The molecule has 0 aliphatic carbocycles. The van der Waals surface area contributed by atoms with Gasteiger partial charge in [0.2, 0.25) is 0 Å². The van der Waals surface area contributed by atoms with E-state index < -0.39 is 6.10 Å². The van der Waals surface area contributed by atoms with Gasteiger partial charge < -0.3 is 5.11 Å². The second-order valence-electron chi connectivity index (χ2n) is 3.88. The molecule has 1 N–H and O–H groups in total. The molecule has 0 saturated carbocycles. The SMILES string of the molecule is CCn1nc(C)cc1C(O)c1cnn(C)c1. The van der Waals surface area contributed by atoms with E-state index in [1.807, 2.05) is 37.8 Å². The largest absolute Gasteiger partial charge is 0.382 e. The van der Waals surface area contributed by atoms with Crippen molar-refractivity contribution >= 4 is 0 Å². The second-order valence-corrected chi connectivity index (χ2v) is 3.88. The maximum Gasteiger partial charge on any atom is 0.124 e. The van der Waals surface area contributed by atoms with Gasteiger partial charge in [-0.15, -0.1) is 0 Å². The van der Waals surface area contributed by atoms with Crippen LogP contribution in [0.15, 0.2) is 18.5 Å². The molecular weight excluding hydrogens is 204 g/mol. The molecule has 0 spiro atoms. The van der Waals surface area contributed by atoms with Crippen LogP contribution in [0.2, 0.25) is 0 Å². The monoisotopic (exact) mass is 220 g/mol. The van der Waals surface area contributed by atoms with Crippen molar-refractivity contribution < 1.29 is 5.11 Å². The Morgan fingerprint density at radius 2 is 2.25 bits per heavy atom. The molecule has 1 unspecified atom stereocenters. The minimum atomic E-state index is -0.658. The van der Waals surface area contributed by atoms with Crippen LogP contribution in [0.25, 0.3) is 0 Å². The summed E-state index contributed by atoms with van der Waals surface area (Å²) in [7, 11) is 1.83. The zero-order chi connectivity index (χ0) is 11.7. The maximum atomic E-state index is 10.2. The first-order chi connectivity index (χ1) is 7.61. The first-order valence-electron chi connectivity index (χ1n) is 5.32. The number of aromatic nitrogens is 4. The lowest BCUT2D eigenvalue weighted by atomic mass is 10.1. The van der Waals surface area contributed by atoms with E-state index in [-0.39, 0.29) is 0 Å². The van der Waals surface area contributed by atoms with E-state index in [0.29, 0.717) is 0 Å². The highest BCUT2D eigenvalue weighted by molar-refractivity contribution is 5.23. The van der Waals surface area contributed by atoms with Crippen LogP contribution in [0.4, 0.5) is 0 Å². The lowest BCUT2D eigenvalue weighted by Gasteiger charge is -2.09. The zero-order valence-electron chi connectivity index (χ0n) is 9.75. The van der Waals surface area contributed by atoms with Gasteiger partial charge in [-0.25, -0.2) is 0 Å². The van der Waals surface area contributed by atoms with Crippen molar-refractivity contribution in [3.63, 3.8) is 0 Å². The summed E-state index contributed by atoms with van der Waals surface area (Å²) in [6, 6.07) is 1.90. The fourth-order valence-corrected chi connectivity index (χ4v) is 1.79. The highest BCUT2D eigenvalue weighted by Crippen LogP contribution is 2.21. The molecule has 2 rings (SSSR count). The van der Waals surface area contributed by atoms with Crippen molar-refractivity contribution in [3.05, 3.63) is 35.4 Å². The number of aliphatic hydroxyl groups is 1. The summed E-state index contributed by atoms with van der Waals surface area (Å²) < 4.78 is 3.49. The summed E-state index contributed by atoms with van der Waals surface area (Å²) in [5.41, 5.74) is 2.52. The van der Waals surface area contributed by atoms with Gasteiger partial charge in [-0.3, -0.25) is 9.36 Å². The molecule has 0 amide bonds. The third kappa shape index (κ3) is 1.86. The quantitative estimate of drug-likeness (QED) is 0.840. The molecule has 16 heavy (non-hydrogen) atoms. The topological polar surface area (TPSA) is 55.9 Å². The van der Waals surface area contributed by atoms with Gasteiger partial charge >= 0.3 is 0 Å². The molecule has 0 bridgehead atoms. The van der Waals surface area contributed by atoms with Crippen molar-refractivity contribution in [2.24, 2.45) is 7.05 Å². The molecule has 2 aromatic heterocycles. The van der Waals surface area contributed by atoms with E-state index in [1.54, 1.807) is 10.9 Å². The Bertz CT molecular complexity index is 486. The molecule has 2 heterocycles. The van der Waals surface area contributed by atoms with Crippen LogP contribution in [-0.4, -0.2) is 24.7 Å². The van der Waals surface area contributed by atoms with Gasteiger partial charge in [0, 0.05) is 25.4 Å². The van der Waals surface area contributed by atoms with Gasteiger partial charge in [-0.1, -0.05) is 0 Å². The van der Waals surface area contributed by atoms with Gasteiger partial charge in [-0.05, 0) is 19.9 Å². The lowest BCUT2D eigenvalue weighted by Crippen LogP contribution is -2.08. The number of rotatable bonds is 3. The van der Waals surface area contributed by atoms with Gasteiger partial charge in [-0.2, -0.15) is 10.2 Å². The van der Waals surface area contributed by atoms with Crippen molar-refractivity contribution in [3.8, 4) is 0 Å². The average molecular weight is 220 g/mol. The van der Waals surface area contributed by atoms with Crippen LogP contribution in [0.3, 0.4) is 0 Å². The first kappa shape index (κ1) is 10.9. The Morgan fingerprint density at radius 1 is 1.50 bits per heavy atom. The Morgan fingerprint density at radius 3 is 2.81 bits per heavy atom. The van der Waals surface area contributed by atoms with E-state index in [4.69, 9.17) is 0 Å². The summed E-state index contributed by atoms with van der Waals surface area (Å²) >= 11 is 0. The Balaban J connectivity index is 2.36. The van der Waals surface area contributed by atoms with E-state index >= 15 is 0 Å². The highest BCUT2D eigenvalue weighted by atomic mass is 16.3. The fourth-order valence-electron chi connectivity index (χ4n) is 1.79. The normalized spacial score (nSPS) is 13.0. The first-order valence-corrected chi connectivity index (χ1v) is 5.32. The molecule has 0 fully saturated rings. The number of hydrogen-bond acceptors (Lipinski definition) is 3. The minimum Gasteiger partial charge on any atom is -0.382 e. The summed E-state index contributed by atoms with van der Waals surface area (Å²) in [6.07, 6.45) is 2.83. The number of aryl methyl sites for hydroxylation is 3. The van der Waals surface area contributed by atoms with Crippen LogP contribution in [0.5, 0.6) is 0 Å². The maximum absolute atomic E-state index is 10.2. The molecule has 0 saturated heterocycles. The van der Waals surface area contributed by atoms with Gasteiger partial charge in [0.15, 0.2) is 0 Å². The van der Waals surface area contributed by atoms with Gasteiger partial charge in [0.25, 0.3) is 0 Å². The molecule has 5 nitrogen and oxygen atoms in total. The predicted molar refractivity (Wildman–Crippen MR) is 59.9 cm³/mol. The third-order valence-corrected chi connectivity index (χ3v) is 2.55. The summed E-state index contributed by atoms with van der Waals surface area (Å²) in [5, 5.41) is 18.6. The highest BCUT2D eigenvalue weighted by Gasteiger charge is 2.17. The minimum absolute atomic E-state index is 0.658. The summed E-state index contributed by atoms with van der Waals surface area (Å²) in [6.45, 7) is 4.68. The Hall–Kier alpha value is -1.62. The van der Waals surface area contributed by atoms with Crippen LogP contribution in [0.1, 0.15) is 30.0 Å². The summed E-state index contributed by atoms with van der Waals surface area (Å²) in [4.78, 5) is 0. The van der Waals surface area contributed by atoms with E-state index in [1.165, 1.54) is 0 Å². The number of nitrogens with zero attached hydrogens (tertiary/aromatic N) is 4. The molecule has 1 atom stereocenters. The smallest absolute Gasteiger partial charge is 0.124 e. The molecule has 0 aliphatic rings. The zero-order valence-corrected chi connectivity index (χ0v) is 9.75. The molecule has 0 aromatic carbocycles. The van der Waals surface area contributed by atoms with Gasteiger partial charge in [0.1, 0.15) is 6.10 Å². The molecule has 5 heteroatoms. The molecule has 0 aliphatic heterocycles. The standard InChI is InChI=1S/C11H16N4O/c1-4-15-10(5-8(2)13-15)11(16)9-6-12-14(3)7-9/h5-7,11,16H,4H2,1-3H3. The molecule has 0 radical (unpaired) electrons. The average Bonchev–Trinajstić information content (AvgIpc) is 2.83. The fraction of sp³-hybridized carbons (Fsp3) is 0.455. The van der Waals surface area contributed by atoms with Crippen molar-refractivity contribution in [1.29, 1.82) is 0 Å². The van der Waals surface area contributed by atoms with Crippen molar-refractivity contribution in [1.82, 2.24) is 19.6 Å². The van der Waals surface area contributed by atoms with Crippen molar-refractivity contribution in [2.75, 3.05) is 0 Å². The van der Waals surface area contributed by atoms with E-state index in [2.05, 4.69) is 10.2 Å². The van der Waals surface area contributed by atoms with E-state index in [0.717, 1.165) is 23.5 Å². The summed E-state index contributed by atoms with van der Waals surface area (Å²) in [5.74, 6) is 0. The van der Waals surface area contributed by atoms with Crippen LogP contribution >= 0.6 is 0 Å². The van der Waals surface area contributed by atoms with Crippen LogP contribution in [-0.2, 0) is 13.6 Å². The second kappa shape index (κ2) is 4.09. The third-order valence-electron chi connectivity index (χ3n) is 2.55.